The molecule has 0 saturated carbocycles. The fourth-order valence-electron chi connectivity index (χ4n) is 4.23. The van der Waals surface area contributed by atoms with Crippen LogP contribution in [0.3, 0.4) is 0 Å². The number of aliphatic hydroxyl groups is 1. The van der Waals surface area contributed by atoms with E-state index in [1.54, 1.807) is 0 Å². The summed E-state index contributed by atoms with van der Waals surface area (Å²) < 4.78 is 0. The third-order valence-electron chi connectivity index (χ3n) is 5.97. The molecule has 170 valence electrons. The fourth-order valence-corrected chi connectivity index (χ4v) is 4.23. The molecule has 0 spiro atoms. The van der Waals surface area contributed by atoms with E-state index in [1.165, 1.54) is 24.1 Å². The van der Waals surface area contributed by atoms with E-state index >= 15 is 0 Å². The summed E-state index contributed by atoms with van der Waals surface area (Å²) in [5.41, 5.74) is 2.62. The molecule has 0 amide bonds. The van der Waals surface area contributed by atoms with Gasteiger partial charge in [0.25, 0.3) is 0 Å². The predicted molar refractivity (Wildman–Crippen MR) is 137 cm³/mol. The monoisotopic (exact) mass is 529 g/mol. The van der Waals surface area contributed by atoms with Gasteiger partial charge in [-0.25, -0.2) is 0 Å². The summed E-state index contributed by atoms with van der Waals surface area (Å²) in [5, 5.41) is 16.7. The van der Waals surface area contributed by atoms with Crippen LogP contribution >= 0.6 is 24.0 Å². The molecular formula is C23H40IN5O. The van der Waals surface area contributed by atoms with Gasteiger partial charge in [-0.3, -0.25) is 4.99 Å². The highest BCUT2D eigenvalue weighted by Gasteiger charge is 2.21. The second kappa shape index (κ2) is 13.4. The standard InChI is InChI=1S/C23H39N5O.HI/c1-3-24-23(25-13-5-14-27-16-11-22(29)12-17-27)26-20-6-4-15-28(18-20)21-9-7-19(2)8-10-21;/h7-10,20,22,29H,3-6,11-18H2,1-2H3,(H2,24,25,26);1H. The summed E-state index contributed by atoms with van der Waals surface area (Å²) in [5.74, 6) is 0.942. The van der Waals surface area contributed by atoms with Gasteiger partial charge in [-0.2, -0.15) is 0 Å². The summed E-state index contributed by atoms with van der Waals surface area (Å²) in [7, 11) is 0. The maximum Gasteiger partial charge on any atom is 0.191 e. The molecule has 1 aromatic carbocycles. The van der Waals surface area contributed by atoms with Crippen LogP contribution in [0.5, 0.6) is 0 Å². The number of piperidine rings is 2. The molecule has 2 heterocycles. The number of benzene rings is 1. The van der Waals surface area contributed by atoms with Crippen LogP contribution in [0, 0.1) is 6.92 Å². The van der Waals surface area contributed by atoms with Crippen LogP contribution in [0.25, 0.3) is 0 Å². The molecule has 6 nitrogen and oxygen atoms in total. The van der Waals surface area contributed by atoms with Crippen LogP contribution in [0.1, 0.15) is 44.6 Å². The van der Waals surface area contributed by atoms with Crippen molar-refractivity contribution in [1.82, 2.24) is 15.5 Å². The average molecular weight is 530 g/mol. The van der Waals surface area contributed by atoms with Gasteiger partial charge < -0.3 is 25.5 Å². The van der Waals surface area contributed by atoms with Crippen LogP contribution in [-0.2, 0) is 0 Å². The fraction of sp³-hybridized carbons (Fsp3) is 0.696. The molecule has 1 aromatic rings. The highest BCUT2D eigenvalue weighted by molar-refractivity contribution is 14.0. The lowest BCUT2D eigenvalue weighted by molar-refractivity contribution is 0.0824. The normalized spacial score (nSPS) is 21.2. The Morgan fingerprint density at radius 2 is 1.87 bits per heavy atom. The van der Waals surface area contributed by atoms with Gasteiger partial charge in [-0.1, -0.05) is 17.7 Å². The predicted octanol–water partition coefficient (Wildman–Crippen LogP) is 2.98. The molecule has 2 aliphatic heterocycles. The molecule has 7 heteroatoms. The van der Waals surface area contributed by atoms with Gasteiger partial charge in [0.2, 0.25) is 0 Å². The number of hydrogen-bond donors (Lipinski definition) is 3. The molecule has 0 aliphatic carbocycles. The molecule has 30 heavy (non-hydrogen) atoms. The van der Waals surface area contributed by atoms with Gasteiger partial charge in [0.05, 0.1) is 6.10 Å². The van der Waals surface area contributed by atoms with E-state index in [2.05, 4.69) is 58.5 Å². The zero-order valence-corrected chi connectivity index (χ0v) is 21.0. The number of halogens is 1. The van der Waals surface area contributed by atoms with Crippen molar-refractivity contribution in [1.29, 1.82) is 0 Å². The SMILES string of the molecule is CCNC(=NCCCN1CCC(O)CC1)NC1CCCN(c2ccc(C)cc2)C1.I. The van der Waals surface area contributed by atoms with E-state index in [9.17, 15) is 5.11 Å². The third kappa shape index (κ3) is 8.23. The first-order chi connectivity index (χ1) is 14.1. The molecule has 3 rings (SSSR count). The largest absolute Gasteiger partial charge is 0.393 e. The zero-order valence-electron chi connectivity index (χ0n) is 18.6. The van der Waals surface area contributed by atoms with Crippen LogP contribution in [0.4, 0.5) is 5.69 Å². The Hall–Kier alpha value is -1.06. The Bertz CT molecular complexity index is 631. The lowest BCUT2D eigenvalue weighted by atomic mass is 10.0. The number of nitrogens with zero attached hydrogens (tertiary/aromatic N) is 3. The molecule has 1 atom stereocenters. The molecule has 0 aromatic heterocycles. The van der Waals surface area contributed by atoms with E-state index in [0.717, 1.165) is 71.0 Å². The molecule has 2 fully saturated rings. The highest BCUT2D eigenvalue weighted by Crippen LogP contribution is 2.20. The number of aliphatic imine (C=N–C) groups is 1. The number of likely N-dealkylation sites (tertiary alicyclic amines) is 1. The zero-order chi connectivity index (χ0) is 20.5. The lowest BCUT2D eigenvalue weighted by Crippen LogP contribution is -2.51. The summed E-state index contributed by atoms with van der Waals surface area (Å²) in [6.07, 6.45) is 5.17. The van der Waals surface area contributed by atoms with E-state index in [-0.39, 0.29) is 30.1 Å². The first kappa shape index (κ1) is 25.2. The number of rotatable bonds is 7. The molecule has 0 bridgehead atoms. The summed E-state index contributed by atoms with van der Waals surface area (Å²) in [6.45, 7) is 11.2. The first-order valence-corrected chi connectivity index (χ1v) is 11.4. The van der Waals surface area contributed by atoms with E-state index in [4.69, 9.17) is 4.99 Å². The van der Waals surface area contributed by atoms with Gasteiger partial charge in [0.1, 0.15) is 0 Å². The van der Waals surface area contributed by atoms with Gasteiger partial charge in [-0.05, 0) is 64.6 Å². The molecule has 3 N–H and O–H groups in total. The van der Waals surface area contributed by atoms with Gasteiger partial charge in [0.15, 0.2) is 5.96 Å². The second-order valence-corrected chi connectivity index (χ2v) is 8.45. The van der Waals surface area contributed by atoms with E-state index in [1.807, 2.05) is 0 Å². The Kier molecular flexibility index (Phi) is 11.2. The Balaban J connectivity index is 0.00000320. The molecule has 0 radical (unpaired) electrons. The van der Waals surface area contributed by atoms with Crippen molar-refractivity contribution in [3.05, 3.63) is 29.8 Å². The van der Waals surface area contributed by atoms with Gasteiger partial charge >= 0.3 is 0 Å². The topological polar surface area (TPSA) is 63.1 Å². The van der Waals surface area contributed by atoms with Gasteiger partial charge in [-0.15, -0.1) is 24.0 Å². The number of aliphatic hydroxyl groups excluding tert-OH is 1. The van der Waals surface area contributed by atoms with Crippen molar-refractivity contribution in [3.63, 3.8) is 0 Å². The summed E-state index contributed by atoms with van der Waals surface area (Å²) >= 11 is 0. The van der Waals surface area contributed by atoms with Crippen molar-refractivity contribution in [2.45, 2.75) is 58.1 Å². The maximum absolute atomic E-state index is 9.62. The first-order valence-electron chi connectivity index (χ1n) is 11.4. The van der Waals surface area contributed by atoms with Crippen LogP contribution < -0.4 is 15.5 Å². The summed E-state index contributed by atoms with van der Waals surface area (Å²) in [6, 6.07) is 9.28. The van der Waals surface area contributed by atoms with E-state index in [0.29, 0.717) is 6.04 Å². The molecule has 1 unspecified atom stereocenters. The van der Waals surface area contributed by atoms with Crippen LogP contribution in [-0.4, -0.2) is 73.9 Å². The van der Waals surface area contributed by atoms with Crippen molar-refractivity contribution >= 4 is 35.6 Å². The molecule has 2 saturated heterocycles. The van der Waals surface area contributed by atoms with Gasteiger partial charge in [0, 0.05) is 51.0 Å². The maximum atomic E-state index is 9.62. The van der Waals surface area contributed by atoms with E-state index < -0.39 is 0 Å². The van der Waals surface area contributed by atoms with Crippen molar-refractivity contribution in [3.8, 4) is 0 Å². The number of guanidine groups is 1. The minimum atomic E-state index is -0.0937. The summed E-state index contributed by atoms with van der Waals surface area (Å²) in [4.78, 5) is 9.74. The van der Waals surface area contributed by atoms with Crippen molar-refractivity contribution < 1.29 is 5.11 Å². The minimum Gasteiger partial charge on any atom is -0.393 e. The average Bonchev–Trinajstić information content (AvgIpc) is 2.73. The third-order valence-corrected chi connectivity index (χ3v) is 5.97. The Morgan fingerprint density at radius 3 is 2.57 bits per heavy atom. The van der Waals surface area contributed by atoms with Crippen molar-refractivity contribution in [2.24, 2.45) is 4.99 Å². The quantitative estimate of drug-likeness (QED) is 0.220. The van der Waals surface area contributed by atoms with Crippen molar-refractivity contribution in [2.75, 3.05) is 50.7 Å². The molecular weight excluding hydrogens is 489 g/mol. The number of anilines is 1. The van der Waals surface area contributed by atoms with Crippen LogP contribution in [0.2, 0.25) is 0 Å². The Labute approximate surface area is 199 Å². The number of hydrogen-bond acceptors (Lipinski definition) is 4. The highest BCUT2D eigenvalue weighted by atomic mass is 127. The Morgan fingerprint density at radius 1 is 1.13 bits per heavy atom. The smallest absolute Gasteiger partial charge is 0.191 e. The van der Waals surface area contributed by atoms with Crippen LogP contribution in [0.15, 0.2) is 29.3 Å². The lowest BCUT2D eigenvalue weighted by Gasteiger charge is -2.35. The minimum absolute atomic E-state index is 0. The number of nitrogens with one attached hydrogen (secondary N) is 2. The number of aryl methyl sites for hydroxylation is 1. The second-order valence-electron chi connectivity index (χ2n) is 8.45. The molecule has 2 aliphatic rings.